The second kappa shape index (κ2) is 13.2. The Morgan fingerprint density at radius 3 is 2.38 bits per heavy atom. The summed E-state index contributed by atoms with van der Waals surface area (Å²) in [4.78, 5) is 0. The zero-order valence-corrected chi connectivity index (χ0v) is 30.0. The van der Waals surface area contributed by atoms with Crippen LogP contribution in [0.1, 0.15) is 85.5 Å². The normalized spacial score (nSPS) is 57.8. The molecule has 12 heteroatoms. The number of aliphatic hydroxyl groups is 6. The van der Waals surface area contributed by atoms with Crippen molar-refractivity contribution in [3.63, 3.8) is 0 Å². The molecule has 8 rings (SSSR count). The Labute approximate surface area is 295 Å². The van der Waals surface area contributed by atoms with Gasteiger partial charge < -0.3 is 59.1 Å². The number of hydrogen-bond acceptors (Lipinski definition) is 12. The molecule has 12 nitrogen and oxygen atoms in total. The van der Waals surface area contributed by atoms with Crippen LogP contribution < -0.4 is 0 Å². The smallest absolute Gasteiger partial charge is 0.186 e. The Hall–Kier alpha value is -0.740. The van der Waals surface area contributed by atoms with Gasteiger partial charge >= 0.3 is 0 Å². The van der Waals surface area contributed by atoms with Crippen LogP contribution in [0.25, 0.3) is 0 Å². The molecule has 0 radical (unpaired) electrons. The van der Waals surface area contributed by atoms with E-state index in [0.29, 0.717) is 35.5 Å². The van der Waals surface area contributed by atoms with E-state index in [1.54, 1.807) is 0 Å². The van der Waals surface area contributed by atoms with Crippen molar-refractivity contribution in [2.45, 2.75) is 159 Å². The molecular weight excluding hydrogens is 648 g/mol. The number of fused-ring (bicyclic) bond motifs is 7. The summed E-state index contributed by atoms with van der Waals surface area (Å²) >= 11 is 0. The van der Waals surface area contributed by atoms with Gasteiger partial charge in [-0.1, -0.05) is 39.3 Å². The zero-order valence-electron chi connectivity index (χ0n) is 30.0. The van der Waals surface area contributed by atoms with Gasteiger partial charge in [-0.05, 0) is 91.8 Å². The van der Waals surface area contributed by atoms with Crippen molar-refractivity contribution in [1.82, 2.24) is 0 Å². The van der Waals surface area contributed by atoms with Crippen molar-refractivity contribution < 1.29 is 59.1 Å². The topological polar surface area (TPSA) is 177 Å². The fraction of sp³-hybridized carbons (Fsp3) is 0.947. The largest absolute Gasteiger partial charge is 0.388 e. The minimum Gasteiger partial charge on any atom is -0.388 e. The van der Waals surface area contributed by atoms with Crippen molar-refractivity contribution >= 4 is 0 Å². The number of aliphatic hydroxyl groups excluding tert-OH is 6. The first-order chi connectivity index (χ1) is 23.8. The lowest BCUT2D eigenvalue weighted by atomic mass is 9.47. The van der Waals surface area contributed by atoms with Crippen LogP contribution in [0.15, 0.2) is 11.6 Å². The predicted molar refractivity (Wildman–Crippen MR) is 177 cm³/mol. The van der Waals surface area contributed by atoms with Gasteiger partial charge in [-0.15, -0.1) is 0 Å². The highest BCUT2D eigenvalue weighted by atomic mass is 16.7. The van der Waals surface area contributed by atoms with E-state index >= 15 is 0 Å². The molecule has 0 amide bonds. The fourth-order valence-corrected chi connectivity index (χ4v) is 12.2. The number of ether oxygens (including phenoxy) is 6. The molecule has 0 aromatic rings. The molecule has 4 heterocycles. The second-order valence-corrected chi connectivity index (χ2v) is 17.9. The average molecular weight is 709 g/mol. The average Bonchev–Trinajstić information content (AvgIpc) is 3.54. The van der Waals surface area contributed by atoms with Gasteiger partial charge in [0.2, 0.25) is 0 Å². The fourth-order valence-electron chi connectivity index (χ4n) is 12.2. The first-order valence-electron chi connectivity index (χ1n) is 19.4. The lowest BCUT2D eigenvalue weighted by Crippen LogP contribution is -2.61. The molecule has 284 valence electrons. The first kappa shape index (κ1) is 36.2. The Kier molecular flexibility index (Phi) is 9.59. The SMILES string of the molecule is C[C@@H]1CC[C@]2(OC1)O[C@H]1C[C@H]3[C@@H]4CC=C5C[C@@H](O[C@@H]6O[C@H](CO[C@H]7OC[C@H](O)[C@@H](O)[C@@H]7O)[C@@H](O)[C@H](O)[C@H]6O)CC[C@]5(C)[C@H]4CC[C@]3(C)[C@H]1[C@@H]2C. The summed E-state index contributed by atoms with van der Waals surface area (Å²) in [6.45, 7) is 9.95. The summed E-state index contributed by atoms with van der Waals surface area (Å²) in [5.74, 6) is 3.00. The third-order valence-corrected chi connectivity index (χ3v) is 15.2. The van der Waals surface area contributed by atoms with Gasteiger partial charge in [0.1, 0.15) is 42.7 Å². The maximum Gasteiger partial charge on any atom is 0.186 e. The van der Waals surface area contributed by atoms with Crippen molar-refractivity contribution in [2.24, 2.45) is 46.3 Å². The van der Waals surface area contributed by atoms with E-state index < -0.39 is 61.1 Å². The van der Waals surface area contributed by atoms with E-state index in [2.05, 4.69) is 33.8 Å². The van der Waals surface area contributed by atoms with Gasteiger partial charge in [0, 0.05) is 12.3 Å². The van der Waals surface area contributed by atoms with Crippen LogP contribution in [0.2, 0.25) is 0 Å². The molecule has 20 atom stereocenters. The minimum atomic E-state index is -1.53. The molecule has 3 saturated carbocycles. The highest BCUT2D eigenvalue weighted by Crippen LogP contribution is 2.70. The van der Waals surface area contributed by atoms with Crippen LogP contribution >= 0.6 is 0 Å². The molecule has 50 heavy (non-hydrogen) atoms. The summed E-state index contributed by atoms with van der Waals surface area (Å²) < 4.78 is 36.7. The van der Waals surface area contributed by atoms with Crippen molar-refractivity contribution in [2.75, 3.05) is 19.8 Å². The predicted octanol–water partition coefficient (Wildman–Crippen LogP) is 2.00. The third kappa shape index (κ3) is 5.70. The first-order valence-corrected chi connectivity index (χ1v) is 19.4. The summed E-state index contributed by atoms with van der Waals surface area (Å²) in [6, 6.07) is 0. The monoisotopic (exact) mass is 708 g/mol. The summed E-state index contributed by atoms with van der Waals surface area (Å²) in [5, 5.41) is 62.1. The molecule has 6 N–H and O–H groups in total. The molecule has 7 fully saturated rings. The Balaban J connectivity index is 0.910. The quantitative estimate of drug-likeness (QED) is 0.230. The number of rotatable bonds is 5. The second-order valence-electron chi connectivity index (χ2n) is 17.9. The molecule has 0 aromatic heterocycles. The summed E-state index contributed by atoms with van der Waals surface area (Å²) in [7, 11) is 0. The number of allylic oxidation sites excluding steroid dienone is 1. The van der Waals surface area contributed by atoms with Crippen LogP contribution in [0.3, 0.4) is 0 Å². The van der Waals surface area contributed by atoms with Crippen LogP contribution in [0, 0.1) is 46.3 Å². The van der Waals surface area contributed by atoms with E-state index in [-0.39, 0.29) is 36.3 Å². The Morgan fingerprint density at radius 1 is 0.840 bits per heavy atom. The highest BCUT2D eigenvalue weighted by molar-refractivity contribution is 5.26. The van der Waals surface area contributed by atoms with Gasteiger partial charge in [-0.3, -0.25) is 0 Å². The Morgan fingerprint density at radius 2 is 1.62 bits per heavy atom. The zero-order chi connectivity index (χ0) is 35.3. The van der Waals surface area contributed by atoms with E-state index in [0.717, 1.165) is 45.1 Å². The van der Waals surface area contributed by atoms with Crippen molar-refractivity contribution in [3.05, 3.63) is 11.6 Å². The molecule has 4 saturated heterocycles. The molecule has 0 bridgehead atoms. The lowest BCUT2D eigenvalue weighted by Gasteiger charge is -2.58. The van der Waals surface area contributed by atoms with Crippen LogP contribution in [-0.4, -0.2) is 124 Å². The molecule has 4 aliphatic carbocycles. The van der Waals surface area contributed by atoms with E-state index in [1.807, 2.05) is 0 Å². The standard InChI is InChI=1S/C38H60O12/c1-18-7-12-38(47-15-18)19(2)28-26(50-38)14-24-22-6-5-20-13-21(8-10-36(20,3)23(22)9-11-37(24,28)4)48-35-33(44)31(42)30(41)27(49-35)17-46-34-32(43)29(40)25(39)16-45-34/h5,18-19,21-35,39-44H,6-17H2,1-4H3/t18-,19+,21+,22-,23+,24+,25+,26+,27-,28+,29-,30-,31+,32+,33-,34-,35-,36+,37+,38+/m1/s1. The minimum absolute atomic E-state index is 0.0786. The van der Waals surface area contributed by atoms with E-state index in [9.17, 15) is 30.6 Å². The van der Waals surface area contributed by atoms with Crippen LogP contribution in [-0.2, 0) is 28.4 Å². The third-order valence-electron chi connectivity index (χ3n) is 15.2. The molecular formula is C38H60O12. The van der Waals surface area contributed by atoms with Gasteiger partial charge in [0.25, 0.3) is 0 Å². The van der Waals surface area contributed by atoms with Gasteiger partial charge in [-0.2, -0.15) is 0 Å². The Bertz CT molecular complexity index is 1270. The number of hydrogen-bond donors (Lipinski definition) is 6. The van der Waals surface area contributed by atoms with Crippen LogP contribution in [0.4, 0.5) is 0 Å². The summed E-state index contributed by atoms with van der Waals surface area (Å²) in [6.07, 6.45) is -0.382. The lowest BCUT2D eigenvalue weighted by molar-refractivity contribution is -0.328. The molecule has 0 aromatic carbocycles. The maximum atomic E-state index is 10.8. The van der Waals surface area contributed by atoms with E-state index in [4.69, 9.17) is 28.4 Å². The van der Waals surface area contributed by atoms with Crippen molar-refractivity contribution in [3.8, 4) is 0 Å². The van der Waals surface area contributed by atoms with Gasteiger partial charge in [-0.25, -0.2) is 0 Å². The van der Waals surface area contributed by atoms with Crippen LogP contribution in [0.5, 0.6) is 0 Å². The summed E-state index contributed by atoms with van der Waals surface area (Å²) in [5.41, 5.74) is 1.75. The van der Waals surface area contributed by atoms with Gasteiger partial charge in [0.15, 0.2) is 18.4 Å². The van der Waals surface area contributed by atoms with E-state index in [1.165, 1.54) is 24.8 Å². The molecule has 4 aliphatic heterocycles. The molecule has 1 spiro atoms. The molecule has 8 aliphatic rings. The van der Waals surface area contributed by atoms with Crippen molar-refractivity contribution in [1.29, 1.82) is 0 Å². The van der Waals surface area contributed by atoms with Gasteiger partial charge in [0.05, 0.1) is 32.0 Å². The highest BCUT2D eigenvalue weighted by Gasteiger charge is 2.68. The molecule has 0 unspecified atom stereocenters. The maximum absolute atomic E-state index is 10.8.